The molecule has 11 aromatic heterocycles. The lowest BCUT2D eigenvalue weighted by atomic mass is 10.1. The lowest BCUT2D eigenvalue weighted by Gasteiger charge is -1.95. The van der Waals surface area contributed by atoms with Crippen LogP contribution in [0.4, 0.5) is 0 Å². The molecule has 0 N–H and O–H groups in total. The molecule has 0 aliphatic heterocycles. The maximum atomic E-state index is 5.60. The second-order valence-corrected chi connectivity index (χ2v) is 18.0. The molecule has 5 aromatic carbocycles. The maximum absolute atomic E-state index is 5.60. The van der Waals surface area contributed by atoms with Gasteiger partial charge in [0, 0.05) is 77.7 Å². The number of furan rings is 2. The van der Waals surface area contributed by atoms with Gasteiger partial charge < -0.3 is 18.0 Å². The van der Waals surface area contributed by atoms with Crippen LogP contribution in [0, 0.1) is 6.92 Å². The molecule has 0 fully saturated rings. The maximum Gasteiger partial charge on any atom is 0.227 e. The number of thiophene rings is 1. The van der Waals surface area contributed by atoms with Crippen molar-refractivity contribution in [1.29, 1.82) is 0 Å². The highest BCUT2D eigenvalue weighted by Crippen LogP contribution is 2.31. The molecule has 12 heteroatoms. The Morgan fingerprint density at radius 3 is 1.48 bits per heavy atom. The van der Waals surface area contributed by atoms with Gasteiger partial charge in [0.25, 0.3) is 0 Å². The van der Waals surface area contributed by atoms with Crippen molar-refractivity contribution in [2.75, 3.05) is 0 Å². The number of imidazole rings is 2. The summed E-state index contributed by atoms with van der Waals surface area (Å²) in [6.45, 7) is 10.1. The molecule has 0 atom stereocenters. The molecule has 16 rings (SSSR count). The minimum absolute atomic E-state index is 0.716. The van der Waals surface area contributed by atoms with Gasteiger partial charge in [-0.15, -0.1) is 11.3 Å². The molecule has 0 radical (unpaired) electrons. The summed E-state index contributed by atoms with van der Waals surface area (Å²) in [6.07, 6.45) is 8.85. The number of aromatic nitrogens is 9. The first kappa shape index (κ1) is 49.3. The second kappa shape index (κ2) is 22.2. The van der Waals surface area contributed by atoms with Crippen molar-refractivity contribution in [1.82, 2.24) is 43.4 Å². The number of rotatable bonds is 0. The molecule has 0 saturated carbocycles. The quantitative estimate of drug-likeness (QED) is 0.147. The number of fused-ring (bicyclic) bond motifs is 17. The van der Waals surface area contributed by atoms with E-state index < -0.39 is 0 Å². The van der Waals surface area contributed by atoms with Crippen molar-refractivity contribution < 1.29 is 8.83 Å². The van der Waals surface area contributed by atoms with Crippen molar-refractivity contribution in [3.63, 3.8) is 0 Å². The highest BCUT2D eigenvalue weighted by atomic mass is 32.1. The summed E-state index contributed by atoms with van der Waals surface area (Å²) in [5.74, 6) is 0.993. The minimum atomic E-state index is 0.716. The Kier molecular flexibility index (Phi) is 14.6. The standard InChI is InChI=1S/C14H11N3.C13H11N.C12H9NO.C10H6N2O.C10H6N2S.2C2H6/c1-16-12-8-4-5-9-13(12)17-11-7-3-2-6-10(11)15-14(16)17;1-14-12-8-4-2-6-10(12)11-7-3-5-9-13(11)14;1-8-4-5-11-10(7-8)9-3-2-6-13-12(9)14-11;2*1-3-7-9(11-5-1)10-8(13-7)4-2-6-12-10;2*1-2/h2-9H,1H3;2-9H,1H3;2-7H,1H3;2*1-6H;2*1-2H3. The zero-order valence-corrected chi connectivity index (χ0v) is 43.7. The number of pyridine rings is 5. The van der Waals surface area contributed by atoms with Crippen LogP contribution in [0.25, 0.3) is 114 Å². The van der Waals surface area contributed by atoms with E-state index in [1.54, 1.807) is 29.9 Å². The number of para-hydroxylation sites is 6. The first-order valence-electron chi connectivity index (χ1n) is 25.1. The third-order valence-electron chi connectivity index (χ3n) is 12.5. The molecule has 0 unspecified atom stereocenters. The van der Waals surface area contributed by atoms with Crippen LogP contribution in [0.5, 0.6) is 0 Å². The monoisotopic (exact) mass is 1000 g/mol. The fraction of sp³-hybridized carbons (Fsp3) is 0.111. The van der Waals surface area contributed by atoms with Crippen LogP contribution in [-0.2, 0) is 14.1 Å². The number of nitrogens with zero attached hydrogens (tertiary/aromatic N) is 9. The highest BCUT2D eigenvalue weighted by molar-refractivity contribution is 7.25. The Morgan fingerprint density at radius 2 is 0.867 bits per heavy atom. The Labute approximate surface area is 437 Å². The molecular weight excluding hydrogens is 947 g/mol. The van der Waals surface area contributed by atoms with Gasteiger partial charge >= 0.3 is 0 Å². The van der Waals surface area contributed by atoms with Crippen LogP contribution in [0.2, 0.25) is 0 Å². The van der Waals surface area contributed by atoms with E-state index in [1.807, 2.05) is 107 Å². The third-order valence-corrected chi connectivity index (χ3v) is 13.6. The van der Waals surface area contributed by atoms with Gasteiger partial charge in [-0.05, 0) is 116 Å². The van der Waals surface area contributed by atoms with Crippen LogP contribution < -0.4 is 0 Å². The van der Waals surface area contributed by atoms with Crippen LogP contribution >= 0.6 is 11.3 Å². The summed E-state index contributed by atoms with van der Waals surface area (Å²) in [5, 5.41) is 4.91. The third kappa shape index (κ3) is 9.62. The van der Waals surface area contributed by atoms with Gasteiger partial charge in [-0.1, -0.05) is 100.0 Å². The van der Waals surface area contributed by atoms with E-state index in [-0.39, 0.29) is 0 Å². The molecule has 370 valence electrons. The Morgan fingerprint density at radius 1 is 0.387 bits per heavy atom. The van der Waals surface area contributed by atoms with Crippen LogP contribution in [0.15, 0.2) is 216 Å². The number of hydrogen-bond donors (Lipinski definition) is 0. The number of benzene rings is 5. The van der Waals surface area contributed by atoms with Crippen molar-refractivity contribution in [2.45, 2.75) is 34.6 Å². The molecular formula is C63H55N9O2S. The SMILES string of the molecule is CC.CC.Cc1ccc2oc3ncccc3c2c1.Cn1c2ccccc2c2ccccc21.Cn1c2ccccc2n2c3ccccc3nc12.c1cnc2c(c1)oc1cccnc12.c1cnc2c(c1)sc1cccnc12. The van der Waals surface area contributed by atoms with E-state index in [4.69, 9.17) is 8.83 Å². The van der Waals surface area contributed by atoms with Crippen molar-refractivity contribution in [3.05, 3.63) is 212 Å². The summed E-state index contributed by atoms with van der Waals surface area (Å²) in [4.78, 5) is 25.9. The highest BCUT2D eigenvalue weighted by Gasteiger charge is 2.13. The van der Waals surface area contributed by atoms with Crippen molar-refractivity contribution in [3.8, 4) is 0 Å². The Balaban J connectivity index is 0.000000105. The van der Waals surface area contributed by atoms with E-state index in [9.17, 15) is 0 Å². The van der Waals surface area contributed by atoms with Crippen LogP contribution in [0.1, 0.15) is 33.3 Å². The van der Waals surface area contributed by atoms with Crippen molar-refractivity contribution in [2.24, 2.45) is 14.1 Å². The summed E-state index contributed by atoms with van der Waals surface area (Å²) in [6, 6.07) is 59.4. The van der Waals surface area contributed by atoms with E-state index in [1.165, 1.54) is 53.3 Å². The Hall–Kier alpha value is -9.26. The largest absolute Gasteiger partial charge is 0.453 e. The fourth-order valence-corrected chi connectivity index (χ4v) is 10.2. The lowest BCUT2D eigenvalue weighted by Crippen LogP contribution is -1.87. The van der Waals surface area contributed by atoms with Gasteiger partial charge in [-0.2, -0.15) is 0 Å². The zero-order chi connectivity index (χ0) is 51.8. The van der Waals surface area contributed by atoms with Gasteiger partial charge in [-0.25, -0.2) is 9.97 Å². The van der Waals surface area contributed by atoms with Crippen LogP contribution in [0.3, 0.4) is 0 Å². The van der Waals surface area contributed by atoms with Gasteiger partial charge in [0.1, 0.15) is 27.6 Å². The van der Waals surface area contributed by atoms with Gasteiger partial charge in [0.05, 0.1) is 31.5 Å². The molecule has 11 nitrogen and oxygen atoms in total. The Bertz CT molecular complexity index is 4300. The molecule has 0 spiro atoms. The molecule has 0 amide bonds. The van der Waals surface area contributed by atoms with E-state index in [0.717, 1.165) is 60.9 Å². The smallest absolute Gasteiger partial charge is 0.227 e. The average molecular weight is 1000 g/mol. The molecule has 0 bridgehead atoms. The number of aryl methyl sites for hydroxylation is 3. The number of hydrogen-bond acceptors (Lipinski definition) is 9. The predicted octanol–water partition coefficient (Wildman–Crippen LogP) is 16.9. The molecule has 75 heavy (non-hydrogen) atoms. The minimum Gasteiger partial charge on any atom is -0.453 e. The molecule has 0 aliphatic rings. The lowest BCUT2D eigenvalue weighted by molar-refractivity contribution is 0.654. The second-order valence-electron chi connectivity index (χ2n) is 16.9. The summed E-state index contributed by atoms with van der Waals surface area (Å²) < 4.78 is 20.1. The normalized spacial score (nSPS) is 10.9. The summed E-state index contributed by atoms with van der Waals surface area (Å²) in [5.41, 5.74) is 15.4. The van der Waals surface area contributed by atoms with Crippen LogP contribution in [-0.4, -0.2) is 43.4 Å². The zero-order valence-electron chi connectivity index (χ0n) is 42.9. The fourth-order valence-electron chi connectivity index (χ4n) is 9.20. The van der Waals surface area contributed by atoms with Gasteiger partial charge in [-0.3, -0.25) is 24.3 Å². The molecule has 16 aromatic rings. The van der Waals surface area contributed by atoms with Gasteiger partial charge in [0.2, 0.25) is 11.5 Å². The van der Waals surface area contributed by atoms with Gasteiger partial charge in [0.15, 0.2) is 11.2 Å². The average Bonchev–Trinajstić information content (AvgIpc) is 4.34. The topological polar surface area (TPSA) is 118 Å². The molecule has 0 saturated heterocycles. The summed E-state index contributed by atoms with van der Waals surface area (Å²) in [7, 11) is 4.17. The summed E-state index contributed by atoms with van der Waals surface area (Å²) >= 11 is 1.74. The van der Waals surface area contributed by atoms with E-state index in [2.05, 4.69) is 174 Å². The van der Waals surface area contributed by atoms with E-state index in [0.29, 0.717) is 5.71 Å². The first-order valence-corrected chi connectivity index (χ1v) is 25.9. The van der Waals surface area contributed by atoms with E-state index >= 15 is 0 Å². The predicted molar refractivity (Wildman–Crippen MR) is 313 cm³/mol. The molecule has 0 aliphatic carbocycles. The molecule has 11 heterocycles. The van der Waals surface area contributed by atoms with Crippen molar-refractivity contribution >= 4 is 126 Å². The first-order chi connectivity index (χ1) is 37.0.